The summed E-state index contributed by atoms with van der Waals surface area (Å²) < 4.78 is 6.78. The Bertz CT molecular complexity index is 569. The Morgan fingerprint density at radius 1 is 1.40 bits per heavy atom. The van der Waals surface area contributed by atoms with Crippen LogP contribution in [-0.4, -0.2) is 11.5 Å². The first kappa shape index (κ1) is 15.5. The summed E-state index contributed by atoms with van der Waals surface area (Å²) in [5.74, 6) is 1.31. The van der Waals surface area contributed by atoms with Gasteiger partial charge in [-0.15, -0.1) is 11.3 Å². The molecule has 0 aliphatic heterocycles. The zero-order valence-electron chi connectivity index (χ0n) is 11.7. The highest BCUT2D eigenvalue weighted by atomic mass is 79.9. The molecule has 0 bridgehead atoms. The van der Waals surface area contributed by atoms with Crippen LogP contribution in [0.3, 0.4) is 0 Å². The molecule has 0 unspecified atom stereocenters. The van der Waals surface area contributed by atoms with Crippen molar-refractivity contribution in [3.8, 4) is 5.75 Å². The summed E-state index contributed by atoms with van der Waals surface area (Å²) in [4.78, 5) is 4.56. The molecule has 1 heterocycles. The van der Waals surface area contributed by atoms with E-state index in [1.54, 1.807) is 11.3 Å². The molecule has 1 aromatic carbocycles. The standard InChI is InChI=1S/C15H19BrN2OS/c1-10(2)15-18-12(9-20-15)8-19-14-4-3-11(5-6-17)7-13(14)16/h3-4,7,9-10H,5-6,8,17H2,1-2H3. The number of benzene rings is 1. The van der Waals surface area contributed by atoms with Crippen LogP contribution in [0, 0.1) is 0 Å². The van der Waals surface area contributed by atoms with Crippen molar-refractivity contribution in [1.82, 2.24) is 4.98 Å². The Morgan fingerprint density at radius 3 is 2.80 bits per heavy atom. The second-order valence-electron chi connectivity index (χ2n) is 4.92. The molecule has 1 aromatic heterocycles. The molecule has 0 amide bonds. The van der Waals surface area contributed by atoms with E-state index in [0.29, 0.717) is 19.1 Å². The highest BCUT2D eigenvalue weighted by Crippen LogP contribution is 2.27. The maximum atomic E-state index is 5.82. The number of hydrogen-bond acceptors (Lipinski definition) is 4. The number of ether oxygens (including phenoxy) is 1. The van der Waals surface area contributed by atoms with E-state index in [2.05, 4.69) is 46.2 Å². The van der Waals surface area contributed by atoms with Gasteiger partial charge in [0.25, 0.3) is 0 Å². The van der Waals surface area contributed by atoms with Gasteiger partial charge in [-0.1, -0.05) is 19.9 Å². The zero-order chi connectivity index (χ0) is 14.5. The SMILES string of the molecule is CC(C)c1nc(COc2ccc(CCN)cc2Br)cs1. The molecule has 0 atom stereocenters. The minimum atomic E-state index is 0.469. The quantitative estimate of drug-likeness (QED) is 0.848. The lowest BCUT2D eigenvalue weighted by Gasteiger charge is -2.08. The lowest BCUT2D eigenvalue weighted by Crippen LogP contribution is -2.03. The highest BCUT2D eigenvalue weighted by molar-refractivity contribution is 9.10. The van der Waals surface area contributed by atoms with Crippen molar-refractivity contribution >= 4 is 27.3 Å². The fourth-order valence-electron chi connectivity index (χ4n) is 1.79. The van der Waals surface area contributed by atoms with Gasteiger partial charge in [-0.25, -0.2) is 4.98 Å². The van der Waals surface area contributed by atoms with Gasteiger partial charge in [-0.05, 0) is 46.6 Å². The molecule has 0 saturated carbocycles. The first-order chi connectivity index (χ1) is 9.60. The molecule has 2 aromatic rings. The van der Waals surface area contributed by atoms with Gasteiger partial charge in [0.05, 0.1) is 15.2 Å². The number of rotatable bonds is 6. The van der Waals surface area contributed by atoms with Crippen LogP contribution in [-0.2, 0) is 13.0 Å². The second-order valence-corrected chi connectivity index (χ2v) is 6.67. The van der Waals surface area contributed by atoms with Gasteiger partial charge in [0.2, 0.25) is 0 Å². The van der Waals surface area contributed by atoms with E-state index in [9.17, 15) is 0 Å². The molecule has 0 aliphatic rings. The van der Waals surface area contributed by atoms with Crippen LogP contribution >= 0.6 is 27.3 Å². The van der Waals surface area contributed by atoms with Crippen molar-refractivity contribution in [3.05, 3.63) is 44.3 Å². The first-order valence-corrected chi connectivity index (χ1v) is 8.33. The summed E-state index contributed by atoms with van der Waals surface area (Å²) in [6, 6.07) is 6.08. The molecule has 5 heteroatoms. The lowest BCUT2D eigenvalue weighted by atomic mass is 10.1. The molecule has 0 aliphatic carbocycles. The van der Waals surface area contributed by atoms with Gasteiger partial charge >= 0.3 is 0 Å². The third-order valence-electron chi connectivity index (χ3n) is 2.87. The number of nitrogens with two attached hydrogens (primary N) is 1. The van der Waals surface area contributed by atoms with E-state index in [-0.39, 0.29) is 0 Å². The predicted octanol–water partition coefficient (Wildman–Crippen LogP) is 4.11. The summed E-state index contributed by atoms with van der Waals surface area (Å²) >= 11 is 5.22. The summed E-state index contributed by atoms with van der Waals surface area (Å²) in [7, 11) is 0. The van der Waals surface area contributed by atoms with Crippen molar-refractivity contribution in [2.45, 2.75) is 32.8 Å². The Kier molecular flexibility index (Phi) is 5.57. The van der Waals surface area contributed by atoms with Gasteiger partial charge in [0, 0.05) is 11.3 Å². The highest BCUT2D eigenvalue weighted by Gasteiger charge is 2.08. The van der Waals surface area contributed by atoms with Crippen LogP contribution in [0.2, 0.25) is 0 Å². The lowest BCUT2D eigenvalue weighted by molar-refractivity contribution is 0.300. The Labute approximate surface area is 132 Å². The van der Waals surface area contributed by atoms with E-state index in [1.807, 2.05) is 12.1 Å². The summed E-state index contributed by atoms with van der Waals surface area (Å²) in [6.07, 6.45) is 0.878. The molecule has 0 fully saturated rings. The maximum absolute atomic E-state index is 5.82. The van der Waals surface area contributed by atoms with E-state index in [1.165, 1.54) is 5.56 Å². The minimum Gasteiger partial charge on any atom is -0.486 e. The number of aromatic nitrogens is 1. The van der Waals surface area contributed by atoms with E-state index in [4.69, 9.17) is 10.5 Å². The fourth-order valence-corrected chi connectivity index (χ4v) is 3.15. The minimum absolute atomic E-state index is 0.469. The molecule has 2 rings (SSSR count). The largest absolute Gasteiger partial charge is 0.486 e. The molecule has 20 heavy (non-hydrogen) atoms. The van der Waals surface area contributed by atoms with Crippen molar-refractivity contribution < 1.29 is 4.74 Å². The Balaban J connectivity index is 1.99. The van der Waals surface area contributed by atoms with Gasteiger partial charge in [-0.2, -0.15) is 0 Å². The molecular weight excluding hydrogens is 336 g/mol. The molecule has 2 N–H and O–H groups in total. The molecule has 0 radical (unpaired) electrons. The zero-order valence-corrected chi connectivity index (χ0v) is 14.1. The van der Waals surface area contributed by atoms with Gasteiger partial charge in [-0.3, -0.25) is 0 Å². The number of thiazole rings is 1. The van der Waals surface area contributed by atoms with Crippen LogP contribution in [0.25, 0.3) is 0 Å². The fraction of sp³-hybridized carbons (Fsp3) is 0.400. The third-order valence-corrected chi connectivity index (χ3v) is 4.68. The van der Waals surface area contributed by atoms with Crippen molar-refractivity contribution in [3.63, 3.8) is 0 Å². The average Bonchev–Trinajstić information content (AvgIpc) is 2.87. The number of nitrogens with zero attached hydrogens (tertiary/aromatic N) is 1. The van der Waals surface area contributed by atoms with Crippen molar-refractivity contribution in [2.75, 3.05) is 6.54 Å². The molecule has 3 nitrogen and oxygen atoms in total. The average molecular weight is 355 g/mol. The Morgan fingerprint density at radius 2 is 2.20 bits per heavy atom. The van der Waals surface area contributed by atoms with Gasteiger partial charge in [0.1, 0.15) is 12.4 Å². The predicted molar refractivity (Wildman–Crippen MR) is 87.4 cm³/mol. The third kappa shape index (κ3) is 4.04. The van der Waals surface area contributed by atoms with Crippen molar-refractivity contribution in [1.29, 1.82) is 0 Å². The van der Waals surface area contributed by atoms with Crippen molar-refractivity contribution in [2.24, 2.45) is 5.73 Å². The monoisotopic (exact) mass is 354 g/mol. The summed E-state index contributed by atoms with van der Waals surface area (Å²) in [5, 5.41) is 3.22. The molecule has 0 saturated heterocycles. The van der Waals surface area contributed by atoms with Crippen LogP contribution in [0.1, 0.15) is 36.0 Å². The van der Waals surface area contributed by atoms with Gasteiger partial charge < -0.3 is 10.5 Å². The second kappa shape index (κ2) is 7.20. The topological polar surface area (TPSA) is 48.1 Å². The van der Waals surface area contributed by atoms with E-state index < -0.39 is 0 Å². The number of halogens is 1. The van der Waals surface area contributed by atoms with E-state index in [0.717, 1.165) is 27.3 Å². The summed E-state index contributed by atoms with van der Waals surface area (Å²) in [6.45, 7) is 5.45. The summed E-state index contributed by atoms with van der Waals surface area (Å²) in [5.41, 5.74) is 7.75. The molecular formula is C15H19BrN2OS. The van der Waals surface area contributed by atoms with Crippen LogP contribution < -0.4 is 10.5 Å². The van der Waals surface area contributed by atoms with E-state index >= 15 is 0 Å². The maximum Gasteiger partial charge on any atom is 0.134 e. The molecule has 108 valence electrons. The van der Waals surface area contributed by atoms with Gasteiger partial charge in [0.15, 0.2) is 0 Å². The Hall–Kier alpha value is -0.910. The first-order valence-electron chi connectivity index (χ1n) is 6.65. The number of hydrogen-bond donors (Lipinski definition) is 1. The van der Waals surface area contributed by atoms with Crippen LogP contribution in [0.5, 0.6) is 5.75 Å². The smallest absolute Gasteiger partial charge is 0.134 e. The van der Waals surface area contributed by atoms with Crippen LogP contribution in [0.4, 0.5) is 0 Å². The van der Waals surface area contributed by atoms with Crippen LogP contribution in [0.15, 0.2) is 28.1 Å². The normalized spacial score (nSPS) is 11.1. The molecule has 0 spiro atoms.